The van der Waals surface area contributed by atoms with E-state index in [1.165, 1.54) is 17.1 Å². The summed E-state index contributed by atoms with van der Waals surface area (Å²) in [7, 11) is 0. The zero-order chi connectivity index (χ0) is 11.4. The van der Waals surface area contributed by atoms with Crippen molar-refractivity contribution in [1.82, 2.24) is 9.36 Å². The predicted octanol–water partition coefficient (Wildman–Crippen LogP) is 1.92. The lowest BCUT2D eigenvalue weighted by atomic mass is 10.1. The molecule has 2 aromatic rings. The fourth-order valence-electron chi connectivity index (χ4n) is 1.34. The van der Waals surface area contributed by atoms with Gasteiger partial charge in [0, 0.05) is 24.6 Å². The lowest BCUT2D eigenvalue weighted by Gasteiger charge is -2.03. The van der Waals surface area contributed by atoms with Crippen LogP contribution in [0.3, 0.4) is 0 Å². The van der Waals surface area contributed by atoms with Gasteiger partial charge in [0.1, 0.15) is 5.82 Å². The summed E-state index contributed by atoms with van der Waals surface area (Å²) in [4.78, 5) is 4.24. The van der Waals surface area contributed by atoms with Crippen LogP contribution in [0.15, 0.2) is 24.3 Å². The van der Waals surface area contributed by atoms with Gasteiger partial charge in [-0.2, -0.15) is 4.37 Å². The Morgan fingerprint density at radius 3 is 2.50 bits per heavy atom. The van der Waals surface area contributed by atoms with Crippen molar-refractivity contribution < 1.29 is 0 Å². The molecule has 3 N–H and O–H groups in total. The van der Waals surface area contributed by atoms with E-state index in [4.69, 9.17) is 5.73 Å². The zero-order valence-corrected chi connectivity index (χ0v) is 9.92. The first-order chi connectivity index (χ1) is 7.78. The highest BCUT2D eigenvalue weighted by molar-refractivity contribution is 7.09. The van der Waals surface area contributed by atoms with Gasteiger partial charge in [-0.1, -0.05) is 24.3 Å². The molecule has 0 amide bonds. The molecule has 1 aromatic carbocycles. The van der Waals surface area contributed by atoms with E-state index in [0.29, 0.717) is 6.54 Å². The fraction of sp³-hybridized carbons (Fsp3) is 0.273. The van der Waals surface area contributed by atoms with Gasteiger partial charge in [-0.3, -0.25) is 0 Å². The van der Waals surface area contributed by atoms with Crippen LogP contribution >= 0.6 is 11.5 Å². The van der Waals surface area contributed by atoms with Gasteiger partial charge in [0.25, 0.3) is 0 Å². The van der Waals surface area contributed by atoms with E-state index in [9.17, 15) is 0 Å². The molecular weight excluding hydrogens is 220 g/mol. The molecule has 0 aliphatic rings. The summed E-state index contributed by atoms with van der Waals surface area (Å²) in [6, 6.07) is 8.23. The smallest absolute Gasteiger partial charge is 0.202 e. The van der Waals surface area contributed by atoms with Crippen molar-refractivity contribution in [2.24, 2.45) is 5.73 Å². The summed E-state index contributed by atoms with van der Waals surface area (Å²) < 4.78 is 4.11. The Morgan fingerprint density at radius 2 is 1.94 bits per heavy atom. The van der Waals surface area contributed by atoms with E-state index in [1.807, 2.05) is 19.1 Å². The highest BCUT2D eigenvalue weighted by atomic mass is 32.1. The Kier molecular flexibility index (Phi) is 3.48. The number of anilines is 1. The molecule has 0 bridgehead atoms. The second-order valence-corrected chi connectivity index (χ2v) is 4.27. The Morgan fingerprint density at radius 1 is 1.25 bits per heavy atom. The molecule has 1 aromatic heterocycles. The van der Waals surface area contributed by atoms with E-state index in [2.05, 4.69) is 26.8 Å². The molecular formula is C11H14N4S. The number of aryl methyl sites for hydroxylation is 1. The van der Waals surface area contributed by atoms with Gasteiger partial charge < -0.3 is 11.1 Å². The van der Waals surface area contributed by atoms with E-state index >= 15 is 0 Å². The maximum absolute atomic E-state index is 5.54. The molecule has 0 fully saturated rings. The van der Waals surface area contributed by atoms with Crippen LogP contribution in [0.25, 0.3) is 0 Å². The summed E-state index contributed by atoms with van der Waals surface area (Å²) in [6.45, 7) is 3.24. The predicted molar refractivity (Wildman–Crippen MR) is 66.3 cm³/mol. The topological polar surface area (TPSA) is 63.8 Å². The monoisotopic (exact) mass is 234 g/mol. The lowest BCUT2D eigenvalue weighted by molar-refractivity contribution is 1.06. The Labute approximate surface area is 98.7 Å². The van der Waals surface area contributed by atoms with Crippen molar-refractivity contribution in [2.75, 3.05) is 5.32 Å². The van der Waals surface area contributed by atoms with Gasteiger partial charge in [0.2, 0.25) is 5.13 Å². The number of nitrogens with two attached hydrogens (primary N) is 1. The van der Waals surface area contributed by atoms with Crippen molar-refractivity contribution in [3.8, 4) is 0 Å². The van der Waals surface area contributed by atoms with Gasteiger partial charge >= 0.3 is 0 Å². The van der Waals surface area contributed by atoms with Gasteiger partial charge in [-0.05, 0) is 18.1 Å². The molecule has 4 nitrogen and oxygen atoms in total. The van der Waals surface area contributed by atoms with Crippen molar-refractivity contribution in [2.45, 2.75) is 20.0 Å². The second kappa shape index (κ2) is 5.05. The van der Waals surface area contributed by atoms with E-state index < -0.39 is 0 Å². The Bertz CT molecular complexity index is 449. The summed E-state index contributed by atoms with van der Waals surface area (Å²) in [6.07, 6.45) is 0. The van der Waals surface area contributed by atoms with Crippen LogP contribution in [0.4, 0.5) is 5.13 Å². The number of hydrogen-bond acceptors (Lipinski definition) is 5. The highest BCUT2D eigenvalue weighted by Crippen LogP contribution is 2.12. The summed E-state index contributed by atoms with van der Waals surface area (Å²) >= 11 is 1.38. The van der Waals surface area contributed by atoms with Gasteiger partial charge in [0.05, 0.1) is 0 Å². The first-order valence-corrected chi connectivity index (χ1v) is 5.87. The van der Waals surface area contributed by atoms with Crippen LogP contribution in [0.2, 0.25) is 0 Å². The second-order valence-electron chi connectivity index (χ2n) is 3.52. The number of hydrogen-bond donors (Lipinski definition) is 2. The van der Waals surface area contributed by atoms with Crippen LogP contribution in [-0.2, 0) is 13.1 Å². The molecule has 0 saturated heterocycles. The van der Waals surface area contributed by atoms with Crippen LogP contribution < -0.4 is 11.1 Å². The van der Waals surface area contributed by atoms with Crippen molar-refractivity contribution >= 4 is 16.7 Å². The summed E-state index contributed by atoms with van der Waals surface area (Å²) in [5.74, 6) is 0.811. The molecule has 0 aliphatic heterocycles. The average molecular weight is 234 g/mol. The van der Waals surface area contributed by atoms with Crippen LogP contribution in [-0.4, -0.2) is 9.36 Å². The van der Waals surface area contributed by atoms with Crippen molar-refractivity contribution in [1.29, 1.82) is 0 Å². The number of rotatable bonds is 4. The molecule has 0 saturated carbocycles. The molecule has 1 heterocycles. The van der Waals surface area contributed by atoms with Crippen LogP contribution in [0, 0.1) is 6.92 Å². The Hall–Kier alpha value is -1.46. The summed E-state index contributed by atoms with van der Waals surface area (Å²) in [5, 5.41) is 4.09. The summed E-state index contributed by atoms with van der Waals surface area (Å²) in [5.41, 5.74) is 7.90. The minimum Gasteiger partial charge on any atom is -0.356 e. The van der Waals surface area contributed by atoms with Gasteiger partial charge in [-0.25, -0.2) is 4.98 Å². The maximum Gasteiger partial charge on any atom is 0.202 e. The normalized spacial score (nSPS) is 10.4. The molecule has 84 valence electrons. The molecule has 0 spiro atoms. The highest BCUT2D eigenvalue weighted by Gasteiger charge is 1.99. The molecule has 0 radical (unpaired) electrons. The zero-order valence-electron chi connectivity index (χ0n) is 9.10. The number of nitrogens with zero attached hydrogens (tertiary/aromatic N) is 2. The molecule has 0 atom stereocenters. The van der Waals surface area contributed by atoms with Gasteiger partial charge in [0.15, 0.2) is 0 Å². The largest absolute Gasteiger partial charge is 0.356 e. The van der Waals surface area contributed by atoms with Crippen molar-refractivity contribution in [3.63, 3.8) is 0 Å². The number of nitrogens with one attached hydrogen (secondary N) is 1. The minimum atomic E-state index is 0.587. The third kappa shape index (κ3) is 2.77. The molecule has 2 rings (SSSR count). The first kappa shape index (κ1) is 11.0. The molecule has 5 heteroatoms. The average Bonchev–Trinajstić information content (AvgIpc) is 2.73. The fourth-order valence-corrected chi connectivity index (χ4v) is 1.91. The number of aromatic nitrogens is 2. The van der Waals surface area contributed by atoms with Crippen molar-refractivity contribution in [3.05, 3.63) is 41.2 Å². The van der Waals surface area contributed by atoms with Gasteiger partial charge in [-0.15, -0.1) is 0 Å². The minimum absolute atomic E-state index is 0.587. The third-order valence-corrected chi connectivity index (χ3v) is 2.99. The Balaban J connectivity index is 1.94. The quantitative estimate of drug-likeness (QED) is 0.848. The first-order valence-electron chi connectivity index (χ1n) is 5.10. The standard InChI is InChI=1S/C11H14N4S/c1-8-14-11(16-15-8)13-7-10-4-2-9(6-12)3-5-10/h2-5H,6-7,12H2,1H3,(H,13,14,15). The van der Waals surface area contributed by atoms with E-state index in [0.717, 1.165) is 23.1 Å². The molecule has 0 unspecified atom stereocenters. The van der Waals surface area contributed by atoms with Crippen LogP contribution in [0.5, 0.6) is 0 Å². The van der Waals surface area contributed by atoms with E-state index in [-0.39, 0.29) is 0 Å². The number of benzene rings is 1. The SMILES string of the molecule is Cc1nsc(NCc2ccc(CN)cc2)n1. The maximum atomic E-state index is 5.54. The third-order valence-electron chi connectivity index (χ3n) is 2.23. The van der Waals surface area contributed by atoms with E-state index in [1.54, 1.807) is 0 Å². The molecule has 0 aliphatic carbocycles. The lowest BCUT2D eigenvalue weighted by Crippen LogP contribution is -2.00. The molecule has 16 heavy (non-hydrogen) atoms. The van der Waals surface area contributed by atoms with Crippen LogP contribution in [0.1, 0.15) is 17.0 Å².